The van der Waals surface area contributed by atoms with Crippen LogP contribution in [0.15, 0.2) is 60.9 Å². The standard InChI is InChI=1S/C92H143N23O27/c1-16-46(10)73(89(138)115-76(51(15)120)92(141)142)113-86(135)65(34-53-36-97-58-24-20-18-22-55(53)58)104-71(124)38-100-81(130)61(29-42(2)3)107-82(131)60(26-28-69(95)122)103-70(123)37-99-80(129)59(25-27-68(94)121)105-84(133)63(31-44(6)7)108-85(134)64(32-45(8)9)109-88(137)67(41-117)111-90(139)75(50(14)119)114-91(140)74(49(13)118)112-72(125)39-98-77(126)47(11)101-83(132)62(30-43(4)5)106-78(127)48(12)102-87(136)66(40-116)110-79(128)56(93)33-52-35-96-57-23-19-17-21-54(52)57/h17-24,35-36,42-51,56,59-67,73-76,96-97,116-120H,16,25-34,37-41,93H2,1-15H3,(H2,94,121)(H2,95,122)(H,98,126)(H,99,129)(H,100,130)(H,101,132)(H,102,136)(H,103,123)(H,104,124)(H,105,133)(H,106,127)(H,107,131)(H,108,134)(H,109,137)(H,110,128)(H,111,139)(H,112,125)(H,113,135)(H,114,140)(H,115,138)(H,141,142)/t46-,47-,48-,49+,50+,51+,56-,59-,60-,61-,62-,63-,64-,65-,66-,67-,73-,74-,75-,76-/m0/s1. The highest BCUT2D eigenvalue weighted by molar-refractivity contribution is 6.02. The molecule has 4 rings (SSSR count). The number of aromatic amines is 2. The molecule has 2 heterocycles. The van der Waals surface area contributed by atoms with E-state index in [0.29, 0.717) is 22.9 Å². The van der Waals surface area contributed by atoms with E-state index in [0.717, 1.165) is 37.2 Å². The lowest BCUT2D eigenvalue weighted by atomic mass is 9.96. The second-order valence-electron chi connectivity index (χ2n) is 36.9. The van der Waals surface area contributed by atoms with Gasteiger partial charge in [0.25, 0.3) is 0 Å². The lowest BCUT2D eigenvalue weighted by molar-refractivity contribution is -0.145. The van der Waals surface area contributed by atoms with Crippen LogP contribution in [0.25, 0.3) is 21.8 Å². The van der Waals surface area contributed by atoms with Crippen LogP contribution in [-0.2, 0) is 114 Å². The number of aromatic nitrogens is 2. The Morgan fingerprint density at radius 1 is 0.324 bits per heavy atom. The zero-order chi connectivity index (χ0) is 107. The lowest BCUT2D eigenvalue weighted by Gasteiger charge is -2.29. The Bertz CT molecular complexity index is 5040. The third kappa shape index (κ3) is 40.4. The molecule has 2 aromatic heterocycles. The van der Waals surface area contributed by atoms with E-state index >= 15 is 0 Å². The maximum Gasteiger partial charge on any atom is 0.328 e. The molecule has 0 saturated carbocycles. The van der Waals surface area contributed by atoms with Gasteiger partial charge in [-0.2, -0.15) is 0 Å². The van der Waals surface area contributed by atoms with Crippen LogP contribution in [0.3, 0.4) is 0 Å². The van der Waals surface area contributed by atoms with Gasteiger partial charge in [-0.05, 0) is 132 Å². The van der Waals surface area contributed by atoms with Gasteiger partial charge in [-0.25, -0.2) is 4.79 Å². The number of primary amides is 2. The SMILES string of the molecule is CC[C@H](C)[C@H](NC(=O)[C@H](Cc1c[nH]c2ccccc12)NC(=O)CNC(=O)[C@H](CC(C)C)NC(=O)[C@H](CCC(N)=O)NC(=O)CNC(=O)[C@H](CCC(N)=O)NC(=O)[C@H](CC(C)C)NC(=O)[C@H](CC(C)C)NC(=O)[C@H](CO)NC(=O)[C@@H](NC(=O)[C@@H](NC(=O)CNC(=O)[C@H](C)NC(=O)[C@H](CC(C)C)NC(=O)[C@H](C)NC(=O)[C@H](CO)NC(=O)[C@@H](N)Cc1c[nH]c2ccccc12)[C@@H](C)O)[C@@H](C)O)C(=O)N[C@H](C(=O)O)[C@@H](C)O. The molecule has 2 aromatic carbocycles. The number of para-hydroxylation sites is 2. The molecule has 0 fully saturated rings. The Hall–Kier alpha value is -13.8. The van der Waals surface area contributed by atoms with Gasteiger partial charge in [0, 0.05) is 53.5 Å². The van der Waals surface area contributed by atoms with E-state index in [1.807, 2.05) is 24.3 Å². The van der Waals surface area contributed by atoms with Crippen LogP contribution in [0.1, 0.15) is 173 Å². The number of carbonyl (C=O) groups is 21. The molecule has 50 heteroatoms. The number of aliphatic hydroxyl groups is 5. The van der Waals surface area contributed by atoms with Crippen molar-refractivity contribution in [3.05, 3.63) is 72.1 Å². The van der Waals surface area contributed by atoms with Crippen LogP contribution in [-0.4, -0.2) is 313 Å². The van der Waals surface area contributed by atoms with E-state index in [4.69, 9.17) is 17.2 Å². The summed E-state index contributed by atoms with van der Waals surface area (Å²) in [4.78, 5) is 291. The summed E-state index contributed by atoms with van der Waals surface area (Å²) in [5, 5.41) is 106. The van der Waals surface area contributed by atoms with E-state index in [1.165, 1.54) is 13.8 Å². The number of carbonyl (C=O) groups excluding carboxylic acids is 20. The van der Waals surface area contributed by atoms with Gasteiger partial charge in [-0.3, -0.25) is 95.9 Å². The van der Waals surface area contributed by atoms with Crippen molar-refractivity contribution in [2.45, 2.75) is 289 Å². The first-order valence-electron chi connectivity index (χ1n) is 46.9. The third-order valence-corrected chi connectivity index (χ3v) is 22.6. The number of rotatable bonds is 62. The zero-order valence-electron chi connectivity index (χ0n) is 82.4. The van der Waals surface area contributed by atoms with E-state index in [-0.39, 0.29) is 50.4 Å². The van der Waals surface area contributed by atoms with Crippen LogP contribution in [0.4, 0.5) is 0 Å². The van der Waals surface area contributed by atoms with Crippen molar-refractivity contribution < 1.29 is 131 Å². The van der Waals surface area contributed by atoms with Crippen molar-refractivity contribution in [3.8, 4) is 0 Å². The van der Waals surface area contributed by atoms with Gasteiger partial charge in [0.05, 0.1) is 57.2 Å². The molecule has 0 aliphatic carbocycles. The number of carboxylic acid groups (broad SMARTS) is 1. The normalized spacial score (nSPS) is 15.6. The van der Waals surface area contributed by atoms with Gasteiger partial charge in [0.15, 0.2) is 6.04 Å². The Kier molecular flexibility index (Phi) is 50.1. The molecule has 20 amide bonds. The molecule has 142 heavy (non-hydrogen) atoms. The maximum atomic E-state index is 14.4. The molecule has 50 nitrogen and oxygen atoms in total. The van der Waals surface area contributed by atoms with Crippen molar-refractivity contribution in [3.63, 3.8) is 0 Å². The van der Waals surface area contributed by atoms with Crippen molar-refractivity contribution in [1.82, 2.24) is 106 Å². The van der Waals surface area contributed by atoms with Crippen LogP contribution >= 0.6 is 0 Å². The van der Waals surface area contributed by atoms with Crippen LogP contribution in [0.2, 0.25) is 0 Å². The topological polar surface area (TPSA) is 806 Å². The number of H-pyrrole nitrogens is 2. The fourth-order valence-electron chi connectivity index (χ4n) is 14.6. The minimum absolute atomic E-state index is 0.00627. The summed E-state index contributed by atoms with van der Waals surface area (Å²) in [6, 6.07) is -10.9. The molecular formula is C92H143N23O27. The molecule has 0 unspecified atom stereocenters. The third-order valence-electron chi connectivity index (χ3n) is 22.6. The summed E-state index contributed by atoms with van der Waals surface area (Å²) in [7, 11) is 0. The first kappa shape index (κ1) is 120. The van der Waals surface area contributed by atoms with Gasteiger partial charge in [0.2, 0.25) is 118 Å². The number of nitrogens with two attached hydrogens (primary N) is 3. The summed E-state index contributed by atoms with van der Waals surface area (Å²) in [6.07, 6.45) is -4.12. The fourth-order valence-corrected chi connectivity index (χ4v) is 14.6. The Morgan fingerprint density at radius 3 is 1.05 bits per heavy atom. The average molecular weight is 2000 g/mol. The predicted octanol–water partition coefficient (Wildman–Crippen LogP) is -7.60. The molecule has 0 aliphatic heterocycles. The summed E-state index contributed by atoms with van der Waals surface area (Å²) in [5.41, 5.74) is 19.8. The van der Waals surface area contributed by atoms with Crippen molar-refractivity contribution in [2.24, 2.45) is 46.8 Å². The maximum absolute atomic E-state index is 14.4. The second kappa shape index (κ2) is 59.0. The van der Waals surface area contributed by atoms with E-state index in [9.17, 15) is 131 Å². The van der Waals surface area contributed by atoms with Gasteiger partial charge < -0.3 is 154 Å². The van der Waals surface area contributed by atoms with Gasteiger partial charge >= 0.3 is 5.97 Å². The van der Waals surface area contributed by atoms with Crippen molar-refractivity contribution in [1.29, 1.82) is 0 Å². The smallest absolute Gasteiger partial charge is 0.328 e. The quantitative estimate of drug-likeness (QED) is 0.0195. The molecule has 0 saturated heterocycles. The molecule has 4 aromatic rings. The largest absolute Gasteiger partial charge is 0.480 e. The van der Waals surface area contributed by atoms with Gasteiger partial charge in [-0.15, -0.1) is 0 Å². The summed E-state index contributed by atoms with van der Waals surface area (Å²) in [6.45, 7) is 17.7. The number of carboxylic acids is 1. The van der Waals surface area contributed by atoms with Crippen LogP contribution < -0.4 is 113 Å². The van der Waals surface area contributed by atoms with E-state index < -0.39 is 315 Å². The molecule has 32 N–H and O–H groups in total. The first-order valence-corrected chi connectivity index (χ1v) is 46.9. The molecule has 20 atom stereocenters. The molecule has 0 radical (unpaired) electrons. The average Bonchev–Trinajstić information content (AvgIpc) is 1.69. The summed E-state index contributed by atoms with van der Waals surface area (Å²) in [5.74, 6) is -24.0. The monoisotopic (exact) mass is 2000 g/mol. The number of amides is 20. The highest BCUT2D eigenvalue weighted by Crippen LogP contribution is 2.23. The second-order valence-corrected chi connectivity index (χ2v) is 36.9. The minimum atomic E-state index is -2.02. The summed E-state index contributed by atoms with van der Waals surface area (Å²) < 4.78 is 0. The molecule has 0 aliphatic rings. The summed E-state index contributed by atoms with van der Waals surface area (Å²) >= 11 is 0. The van der Waals surface area contributed by atoms with Crippen molar-refractivity contribution in [2.75, 3.05) is 32.8 Å². The van der Waals surface area contributed by atoms with Gasteiger partial charge in [0.1, 0.15) is 84.6 Å². The molecular weight excluding hydrogens is 1860 g/mol. The lowest BCUT2D eigenvalue weighted by Crippen LogP contribution is -2.63. The number of hydrogen-bond acceptors (Lipinski definition) is 27. The zero-order valence-corrected chi connectivity index (χ0v) is 82.4. The van der Waals surface area contributed by atoms with Crippen LogP contribution in [0, 0.1) is 29.6 Å². The number of hydrogen-bond donors (Lipinski definition) is 29. The van der Waals surface area contributed by atoms with Crippen LogP contribution in [0.5, 0.6) is 0 Å². The molecule has 0 spiro atoms. The number of aliphatic carboxylic acids is 1. The Labute approximate surface area is 820 Å². The highest BCUT2D eigenvalue weighted by Gasteiger charge is 2.41. The van der Waals surface area contributed by atoms with E-state index in [2.05, 4.69) is 106 Å². The number of benzene rings is 2. The Balaban J connectivity index is 1.39. The van der Waals surface area contributed by atoms with Gasteiger partial charge in [-0.1, -0.05) is 112 Å². The fraction of sp³-hybridized carbons (Fsp3) is 0.598. The Morgan fingerprint density at radius 2 is 0.627 bits per heavy atom. The predicted molar refractivity (Wildman–Crippen MR) is 512 cm³/mol. The molecule has 0 bridgehead atoms. The minimum Gasteiger partial charge on any atom is -0.480 e. The number of nitrogens with one attached hydrogen (secondary N) is 20. The first-order chi connectivity index (χ1) is 66.6. The van der Waals surface area contributed by atoms with E-state index in [1.54, 1.807) is 106 Å². The van der Waals surface area contributed by atoms with Crippen molar-refractivity contribution >= 4 is 146 Å². The molecule has 788 valence electrons. The number of fused-ring (bicyclic) bond motifs is 2. The number of aliphatic hydroxyl groups excluding tert-OH is 5. The highest BCUT2D eigenvalue weighted by atomic mass is 16.4.